The van der Waals surface area contributed by atoms with Crippen LogP contribution in [0.5, 0.6) is 0 Å². The number of nitrogens with two attached hydrogens (primary N) is 1. The van der Waals surface area contributed by atoms with Gasteiger partial charge in [0.25, 0.3) is 0 Å². The van der Waals surface area contributed by atoms with Gasteiger partial charge >= 0.3 is 0 Å². The molecule has 0 saturated carbocycles. The minimum absolute atomic E-state index is 0.381. The summed E-state index contributed by atoms with van der Waals surface area (Å²) in [7, 11) is 0. The van der Waals surface area contributed by atoms with Crippen LogP contribution in [0.1, 0.15) is 28.4 Å². The van der Waals surface area contributed by atoms with Crippen LogP contribution in [0.3, 0.4) is 0 Å². The molecule has 0 saturated heterocycles. The highest BCUT2D eigenvalue weighted by atomic mass is 16.1. The number of nitrogens with zero attached hydrogens (tertiary/aromatic N) is 1. The highest BCUT2D eigenvalue weighted by molar-refractivity contribution is 5.92. The molecule has 1 amide bonds. The lowest BCUT2D eigenvalue weighted by atomic mass is 10.1. The Hall–Kier alpha value is -2.13. The van der Waals surface area contributed by atoms with Crippen LogP contribution in [-0.2, 0) is 13.1 Å². The van der Waals surface area contributed by atoms with Gasteiger partial charge in [0.15, 0.2) is 0 Å². The van der Waals surface area contributed by atoms with Crippen molar-refractivity contribution in [3.63, 3.8) is 0 Å². The summed E-state index contributed by atoms with van der Waals surface area (Å²) in [6, 6.07) is 17.9. The molecule has 0 unspecified atom stereocenters. The molecular weight excluding hydrogens is 248 g/mol. The summed E-state index contributed by atoms with van der Waals surface area (Å²) in [6.07, 6.45) is 0. The second kappa shape index (κ2) is 6.87. The van der Waals surface area contributed by atoms with E-state index in [4.69, 9.17) is 5.73 Å². The highest BCUT2D eigenvalue weighted by Crippen LogP contribution is 2.11. The number of benzene rings is 2. The van der Waals surface area contributed by atoms with Crippen LogP contribution in [-0.4, -0.2) is 17.4 Å². The lowest BCUT2D eigenvalue weighted by molar-refractivity contribution is 0.100. The Balaban J connectivity index is 2.01. The Morgan fingerprint density at radius 3 is 2.00 bits per heavy atom. The van der Waals surface area contributed by atoms with Crippen molar-refractivity contribution >= 4 is 5.91 Å². The van der Waals surface area contributed by atoms with Crippen LogP contribution in [0.15, 0.2) is 54.6 Å². The van der Waals surface area contributed by atoms with E-state index in [0.717, 1.165) is 19.6 Å². The van der Waals surface area contributed by atoms with Gasteiger partial charge in [-0.3, -0.25) is 9.69 Å². The van der Waals surface area contributed by atoms with E-state index in [1.807, 2.05) is 18.2 Å². The molecule has 0 fully saturated rings. The molecule has 0 spiro atoms. The van der Waals surface area contributed by atoms with Gasteiger partial charge in [0, 0.05) is 18.7 Å². The van der Waals surface area contributed by atoms with Crippen molar-refractivity contribution in [3.8, 4) is 0 Å². The Labute approximate surface area is 120 Å². The predicted molar refractivity (Wildman–Crippen MR) is 81.2 cm³/mol. The summed E-state index contributed by atoms with van der Waals surface area (Å²) in [6.45, 7) is 4.92. The molecule has 0 bridgehead atoms. The van der Waals surface area contributed by atoms with Gasteiger partial charge in [-0.25, -0.2) is 0 Å². The zero-order valence-corrected chi connectivity index (χ0v) is 11.8. The number of carbonyl (C=O) groups is 1. The molecule has 3 heteroatoms. The van der Waals surface area contributed by atoms with Gasteiger partial charge in [0.05, 0.1) is 0 Å². The molecule has 0 aliphatic carbocycles. The van der Waals surface area contributed by atoms with Crippen molar-refractivity contribution in [3.05, 3.63) is 71.3 Å². The maximum Gasteiger partial charge on any atom is 0.248 e. The lowest BCUT2D eigenvalue weighted by Crippen LogP contribution is -2.22. The second-order valence-electron chi connectivity index (χ2n) is 4.85. The highest BCUT2D eigenvalue weighted by Gasteiger charge is 2.06. The maximum atomic E-state index is 11.0. The molecule has 0 heterocycles. The van der Waals surface area contributed by atoms with Crippen LogP contribution in [0.4, 0.5) is 0 Å². The first kappa shape index (κ1) is 14.3. The number of primary amides is 1. The van der Waals surface area contributed by atoms with Gasteiger partial charge in [-0.2, -0.15) is 0 Å². The van der Waals surface area contributed by atoms with E-state index in [1.165, 1.54) is 11.1 Å². The van der Waals surface area contributed by atoms with E-state index in [9.17, 15) is 4.79 Å². The Kier molecular flexibility index (Phi) is 4.91. The third-order valence-corrected chi connectivity index (χ3v) is 3.34. The van der Waals surface area contributed by atoms with Crippen LogP contribution >= 0.6 is 0 Å². The van der Waals surface area contributed by atoms with Crippen LogP contribution in [0.25, 0.3) is 0 Å². The van der Waals surface area contributed by atoms with Crippen molar-refractivity contribution < 1.29 is 4.79 Å². The minimum atomic E-state index is -0.381. The van der Waals surface area contributed by atoms with E-state index in [1.54, 1.807) is 12.1 Å². The van der Waals surface area contributed by atoms with Crippen molar-refractivity contribution in [2.45, 2.75) is 20.0 Å². The normalized spacial score (nSPS) is 10.7. The zero-order chi connectivity index (χ0) is 14.4. The number of rotatable bonds is 6. The largest absolute Gasteiger partial charge is 0.366 e. The summed E-state index contributed by atoms with van der Waals surface area (Å²) >= 11 is 0. The molecule has 2 rings (SSSR count). The fourth-order valence-electron chi connectivity index (χ4n) is 2.15. The monoisotopic (exact) mass is 268 g/mol. The van der Waals surface area contributed by atoms with E-state index in [-0.39, 0.29) is 5.91 Å². The number of hydrogen-bond donors (Lipinski definition) is 1. The molecule has 0 aliphatic rings. The third kappa shape index (κ3) is 3.93. The van der Waals surface area contributed by atoms with E-state index < -0.39 is 0 Å². The lowest BCUT2D eigenvalue weighted by Gasteiger charge is -2.20. The predicted octanol–water partition coefficient (Wildman–Crippen LogP) is 2.81. The first-order valence-corrected chi connectivity index (χ1v) is 6.84. The first-order valence-electron chi connectivity index (χ1n) is 6.84. The molecule has 0 aliphatic heterocycles. The molecule has 2 aromatic carbocycles. The summed E-state index contributed by atoms with van der Waals surface area (Å²) in [5, 5.41) is 0. The topological polar surface area (TPSA) is 46.3 Å². The third-order valence-electron chi connectivity index (χ3n) is 3.34. The van der Waals surface area contributed by atoms with E-state index in [0.29, 0.717) is 5.56 Å². The van der Waals surface area contributed by atoms with E-state index >= 15 is 0 Å². The van der Waals surface area contributed by atoms with Gasteiger partial charge in [-0.15, -0.1) is 0 Å². The molecule has 2 aromatic rings. The van der Waals surface area contributed by atoms with Gasteiger partial charge < -0.3 is 5.73 Å². The summed E-state index contributed by atoms with van der Waals surface area (Å²) in [4.78, 5) is 13.4. The molecule has 104 valence electrons. The SMILES string of the molecule is CCN(Cc1ccccc1)Cc1ccc(C(N)=O)cc1. The smallest absolute Gasteiger partial charge is 0.248 e. The molecule has 0 atom stereocenters. The van der Waals surface area contributed by atoms with Crippen molar-refractivity contribution in [2.24, 2.45) is 5.73 Å². The van der Waals surface area contributed by atoms with Crippen LogP contribution < -0.4 is 5.73 Å². The van der Waals surface area contributed by atoms with Gasteiger partial charge in [-0.05, 0) is 29.8 Å². The van der Waals surface area contributed by atoms with E-state index in [2.05, 4.69) is 36.1 Å². The van der Waals surface area contributed by atoms with Crippen LogP contribution in [0, 0.1) is 0 Å². The first-order chi connectivity index (χ1) is 9.69. The minimum Gasteiger partial charge on any atom is -0.366 e. The Bertz CT molecular complexity index is 549. The fraction of sp³-hybridized carbons (Fsp3) is 0.235. The average molecular weight is 268 g/mol. The standard InChI is InChI=1S/C17H20N2O/c1-2-19(12-14-6-4-3-5-7-14)13-15-8-10-16(11-9-15)17(18)20/h3-11H,2,12-13H2,1H3,(H2,18,20). The fourth-order valence-corrected chi connectivity index (χ4v) is 2.15. The van der Waals surface area contributed by atoms with Gasteiger partial charge in [0.2, 0.25) is 5.91 Å². The molecule has 0 aromatic heterocycles. The summed E-state index contributed by atoms with van der Waals surface area (Å²) in [5.41, 5.74) is 8.30. The maximum absolute atomic E-state index is 11.0. The summed E-state index contributed by atoms with van der Waals surface area (Å²) in [5.74, 6) is -0.381. The Morgan fingerprint density at radius 2 is 1.50 bits per heavy atom. The summed E-state index contributed by atoms with van der Waals surface area (Å²) < 4.78 is 0. The average Bonchev–Trinajstić information content (AvgIpc) is 2.48. The quantitative estimate of drug-likeness (QED) is 0.875. The molecule has 0 radical (unpaired) electrons. The molecular formula is C17H20N2O. The zero-order valence-electron chi connectivity index (χ0n) is 11.8. The number of hydrogen-bond acceptors (Lipinski definition) is 2. The number of amides is 1. The van der Waals surface area contributed by atoms with Crippen LogP contribution in [0.2, 0.25) is 0 Å². The number of carbonyl (C=O) groups excluding carboxylic acids is 1. The van der Waals surface area contributed by atoms with Gasteiger partial charge in [0.1, 0.15) is 0 Å². The molecule has 20 heavy (non-hydrogen) atoms. The van der Waals surface area contributed by atoms with Gasteiger partial charge in [-0.1, -0.05) is 49.4 Å². The van der Waals surface area contributed by atoms with Crippen molar-refractivity contribution in [1.29, 1.82) is 0 Å². The molecule has 2 N–H and O–H groups in total. The molecule has 3 nitrogen and oxygen atoms in total. The second-order valence-corrected chi connectivity index (χ2v) is 4.85. The van der Waals surface area contributed by atoms with Crippen molar-refractivity contribution in [1.82, 2.24) is 4.90 Å². The van der Waals surface area contributed by atoms with Crippen molar-refractivity contribution in [2.75, 3.05) is 6.54 Å². The Morgan fingerprint density at radius 1 is 0.950 bits per heavy atom.